The fourth-order valence-corrected chi connectivity index (χ4v) is 4.39. The van der Waals surface area contributed by atoms with Crippen molar-refractivity contribution >= 4 is 63.3 Å². The van der Waals surface area contributed by atoms with Crippen LogP contribution in [0.4, 0.5) is 5.69 Å². The molecular formula is C21H17Cl2N3O3S2. The zero-order valence-corrected chi connectivity index (χ0v) is 19.4. The summed E-state index contributed by atoms with van der Waals surface area (Å²) in [5.41, 5.74) is 5.49. The maximum absolute atomic E-state index is 10.7. The van der Waals surface area contributed by atoms with Crippen molar-refractivity contribution in [1.29, 1.82) is 0 Å². The average Bonchev–Trinajstić information content (AvgIpc) is 3.15. The fraction of sp³-hybridized carbons (Fsp3) is 0.143. The number of hydrazone groups is 1. The number of aromatic hydroxyl groups is 1. The number of nitrogens with one attached hydrogen (secondary N) is 2. The zero-order chi connectivity index (χ0) is 22.0. The number of ether oxygens (including phenoxy) is 2. The number of thiocarbonyl (C=S) groups is 1. The predicted octanol–water partition coefficient (Wildman–Crippen LogP) is 5.91. The molecule has 160 valence electrons. The number of anilines is 1. The Morgan fingerprint density at radius 3 is 2.65 bits per heavy atom. The second-order valence-corrected chi connectivity index (χ2v) is 8.68. The Hall–Kier alpha value is -2.52. The van der Waals surface area contributed by atoms with Crippen molar-refractivity contribution in [3.8, 4) is 27.7 Å². The highest BCUT2D eigenvalue weighted by Gasteiger charge is 2.16. The molecule has 1 aliphatic rings. The lowest BCUT2D eigenvalue weighted by atomic mass is 10.1. The van der Waals surface area contributed by atoms with Crippen LogP contribution in [0.5, 0.6) is 17.2 Å². The summed E-state index contributed by atoms with van der Waals surface area (Å²) in [4.78, 5) is 0.681. The summed E-state index contributed by atoms with van der Waals surface area (Å²) in [7, 11) is 0. The molecule has 0 aliphatic carbocycles. The third-order valence-electron chi connectivity index (χ3n) is 4.46. The molecule has 1 aliphatic heterocycles. The van der Waals surface area contributed by atoms with E-state index in [1.54, 1.807) is 25.1 Å². The van der Waals surface area contributed by atoms with E-state index in [1.165, 1.54) is 11.3 Å². The molecule has 0 fully saturated rings. The van der Waals surface area contributed by atoms with Gasteiger partial charge in [-0.1, -0.05) is 29.3 Å². The Labute approximate surface area is 198 Å². The van der Waals surface area contributed by atoms with Crippen molar-refractivity contribution in [3.63, 3.8) is 0 Å². The monoisotopic (exact) mass is 493 g/mol. The van der Waals surface area contributed by atoms with E-state index in [4.69, 9.17) is 44.9 Å². The molecule has 0 amide bonds. The smallest absolute Gasteiger partial charge is 0.191 e. The molecule has 3 N–H and O–H groups in total. The first-order chi connectivity index (χ1) is 14.9. The van der Waals surface area contributed by atoms with Crippen molar-refractivity contribution in [2.24, 2.45) is 5.10 Å². The lowest BCUT2D eigenvalue weighted by Gasteiger charge is -2.19. The van der Waals surface area contributed by atoms with Crippen molar-refractivity contribution in [1.82, 2.24) is 5.43 Å². The van der Waals surface area contributed by atoms with E-state index in [0.717, 1.165) is 11.3 Å². The molecule has 0 atom stereocenters. The molecule has 1 aromatic heterocycles. The number of nitrogens with zero attached hydrogens (tertiary/aromatic N) is 1. The molecule has 31 heavy (non-hydrogen) atoms. The lowest BCUT2D eigenvalue weighted by molar-refractivity contribution is 0.171. The maximum atomic E-state index is 10.7. The molecule has 0 spiro atoms. The summed E-state index contributed by atoms with van der Waals surface area (Å²) in [6.45, 7) is 2.83. The standard InChI is InChI=1S/C21H17Cl2N3O3S2/c1-11(14-10-31-20(19(14)27)12-2-4-15(22)16(23)8-12)25-26-21(30)24-13-3-5-17-18(9-13)29-7-6-28-17/h2-5,8-10,27H,6-7H2,1H3,(H2,24,26,30). The van der Waals surface area contributed by atoms with Gasteiger partial charge in [-0.05, 0) is 49.0 Å². The quantitative estimate of drug-likeness (QED) is 0.238. The van der Waals surface area contributed by atoms with Crippen molar-refractivity contribution in [2.45, 2.75) is 6.92 Å². The summed E-state index contributed by atoms with van der Waals surface area (Å²) >= 11 is 18.8. The van der Waals surface area contributed by atoms with Crippen LogP contribution >= 0.6 is 46.8 Å². The Morgan fingerprint density at radius 2 is 1.87 bits per heavy atom. The second kappa shape index (κ2) is 9.32. The van der Waals surface area contributed by atoms with Gasteiger partial charge in [0.1, 0.15) is 19.0 Å². The highest BCUT2D eigenvalue weighted by atomic mass is 35.5. The van der Waals surface area contributed by atoms with E-state index in [0.29, 0.717) is 56.0 Å². The van der Waals surface area contributed by atoms with Gasteiger partial charge in [0.25, 0.3) is 0 Å². The Morgan fingerprint density at radius 1 is 1.10 bits per heavy atom. The van der Waals surface area contributed by atoms with Gasteiger partial charge in [0.2, 0.25) is 0 Å². The van der Waals surface area contributed by atoms with Crippen LogP contribution in [0.15, 0.2) is 46.9 Å². The minimum Gasteiger partial charge on any atom is -0.506 e. The first-order valence-electron chi connectivity index (χ1n) is 9.19. The molecular weight excluding hydrogens is 477 g/mol. The largest absolute Gasteiger partial charge is 0.506 e. The summed E-state index contributed by atoms with van der Waals surface area (Å²) in [5.74, 6) is 1.49. The van der Waals surface area contributed by atoms with Gasteiger partial charge in [-0.3, -0.25) is 5.43 Å². The average molecular weight is 494 g/mol. The number of benzene rings is 2. The molecule has 2 heterocycles. The molecule has 6 nitrogen and oxygen atoms in total. The van der Waals surface area contributed by atoms with Gasteiger partial charge in [-0.2, -0.15) is 5.10 Å². The van der Waals surface area contributed by atoms with Crippen LogP contribution in [0.3, 0.4) is 0 Å². The normalized spacial score (nSPS) is 13.1. The maximum Gasteiger partial charge on any atom is 0.191 e. The number of fused-ring (bicyclic) bond motifs is 1. The highest BCUT2D eigenvalue weighted by molar-refractivity contribution is 7.80. The second-order valence-electron chi connectivity index (χ2n) is 6.58. The van der Waals surface area contributed by atoms with Gasteiger partial charge in [-0.25, -0.2) is 0 Å². The van der Waals surface area contributed by atoms with Crippen molar-refractivity contribution in [2.75, 3.05) is 18.5 Å². The first-order valence-corrected chi connectivity index (χ1v) is 11.2. The molecule has 2 aromatic carbocycles. The fourth-order valence-electron chi connectivity index (χ4n) is 2.93. The van der Waals surface area contributed by atoms with Crippen LogP contribution in [-0.4, -0.2) is 29.1 Å². The zero-order valence-electron chi connectivity index (χ0n) is 16.2. The van der Waals surface area contributed by atoms with Crippen molar-refractivity contribution < 1.29 is 14.6 Å². The van der Waals surface area contributed by atoms with Crippen LogP contribution in [0.25, 0.3) is 10.4 Å². The van der Waals surface area contributed by atoms with Gasteiger partial charge >= 0.3 is 0 Å². The molecule has 10 heteroatoms. The van der Waals surface area contributed by atoms with Gasteiger partial charge in [-0.15, -0.1) is 11.3 Å². The van der Waals surface area contributed by atoms with E-state index < -0.39 is 0 Å². The predicted molar refractivity (Wildman–Crippen MR) is 130 cm³/mol. The number of rotatable bonds is 4. The number of halogens is 2. The van der Waals surface area contributed by atoms with Crippen LogP contribution in [-0.2, 0) is 0 Å². The Balaban J connectivity index is 1.44. The van der Waals surface area contributed by atoms with E-state index in [2.05, 4.69) is 15.8 Å². The summed E-state index contributed by atoms with van der Waals surface area (Å²) in [6, 6.07) is 10.7. The van der Waals surface area contributed by atoms with Crippen LogP contribution < -0.4 is 20.2 Å². The Bertz CT molecular complexity index is 1180. The van der Waals surface area contributed by atoms with E-state index in [9.17, 15) is 5.11 Å². The molecule has 0 unspecified atom stereocenters. The summed E-state index contributed by atoms with van der Waals surface area (Å²) in [5, 5.41) is 21.0. The van der Waals surface area contributed by atoms with Crippen molar-refractivity contribution in [3.05, 3.63) is 57.4 Å². The summed E-state index contributed by atoms with van der Waals surface area (Å²) in [6.07, 6.45) is 0. The summed E-state index contributed by atoms with van der Waals surface area (Å²) < 4.78 is 11.1. The minimum atomic E-state index is 0.122. The molecule has 3 aromatic rings. The van der Waals surface area contributed by atoms with Gasteiger partial charge in [0.05, 0.1) is 26.2 Å². The van der Waals surface area contributed by atoms with E-state index >= 15 is 0 Å². The molecule has 0 saturated carbocycles. The molecule has 0 radical (unpaired) electrons. The van der Waals surface area contributed by atoms with Crippen LogP contribution in [0, 0.1) is 0 Å². The van der Waals surface area contributed by atoms with Gasteiger partial charge in [0, 0.05) is 17.1 Å². The molecule has 0 saturated heterocycles. The number of hydrogen-bond donors (Lipinski definition) is 3. The van der Waals surface area contributed by atoms with E-state index in [1.807, 2.05) is 23.6 Å². The van der Waals surface area contributed by atoms with E-state index in [-0.39, 0.29) is 5.75 Å². The third kappa shape index (κ3) is 4.88. The topological polar surface area (TPSA) is 75.1 Å². The van der Waals surface area contributed by atoms with Crippen LogP contribution in [0.2, 0.25) is 10.0 Å². The van der Waals surface area contributed by atoms with Gasteiger partial charge < -0.3 is 19.9 Å². The molecule has 0 bridgehead atoms. The van der Waals surface area contributed by atoms with Gasteiger partial charge in [0.15, 0.2) is 16.6 Å². The first kappa shape index (κ1) is 21.7. The Kier molecular flexibility index (Phi) is 6.52. The highest BCUT2D eigenvalue weighted by Crippen LogP contribution is 2.40. The number of thiophene rings is 1. The number of hydrogen-bond acceptors (Lipinski definition) is 6. The third-order valence-corrected chi connectivity index (χ3v) is 6.41. The van der Waals surface area contributed by atoms with Crippen LogP contribution in [0.1, 0.15) is 12.5 Å². The SMILES string of the molecule is CC(=NNC(=S)Nc1ccc2c(c1)OCCO2)c1csc(-c2ccc(Cl)c(Cl)c2)c1O. The lowest BCUT2D eigenvalue weighted by Crippen LogP contribution is -2.25. The minimum absolute atomic E-state index is 0.122. The molecule has 4 rings (SSSR count).